The molecule has 3 aliphatic rings. The summed E-state index contributed by atoms with van der Waals surface area (Å²) in [6.07, 6.45) is 9.22. The molecule has 0 saturated heterocycles. The normalized spacial score (nSPS) is 23.5. The van der Waals surface area contributed by atoms with E-state index in [0.717, 1.165) is 12.2 Å². The predicted octanol–water partition coefficient (Wildman–Crippen LogP) is 3.17. The molecule has 0 radical (unpaired) electrons. The van der Waals surface area contributed by atoms with Gasteiger partial charge in [-0.05, 0) is 25.0 Å². The minimum atomic E-state index is 0.0736. The highest BCUT2D eigenvalue weighted by atomic mass is 32.1. The molecular weight excluding hydrogens is 232 g/mol. The lowest BCUT2D eigenvalue weighted by atomic mass is 10.1. The van der Waals surface area contributed by atoms with E-state index in [-0.39, 0.29) is 6.17 Å². The van der Waals surface area contributed by atoms with Gasteiger partial charge in [0.2, 0.25) is 0 Å². The van der Waals surface area contributed by atoms with Crippen molar-refractivity contribution in [3.63, 3.8) is 0 Å². The molecule has 0 aromatic carbocycles. The summed E-state index contributed by atoms with van der Waals surface area (Å²) in [6.45, 7) is 2.06. The van der Waals surface area contributed by atoms with Gasteiger partial charge in [0.25, 0.3) is 0 Å². The van der Waals surface area contributed by atoms with Crippen LogP contribution in [0.1, 0.15) is 22.9 Å². The standard InChI is InChI=1S/C12H10N4S/c1-7-14-15-11-6-13-5-9-8-3-2-4-10(8)17-12(9)16(7)11/h2,4-7H,3H2,1H3. The lowest BCUT2D eigenvalue weighted by Gasteiger charge is -2.19. The molecule has 5 heteroatoms. The molecule has 4 rings (SSSR count). The summed E-state index contributed by atoms with van der Waals surface area (Å²) in [7, 11) is 0. The SMILES string of the molecule is CC1N=NC2=CN=Cc3c(sc4c3CC=C4)N21. The zero-order valence-corrected chi connectivity index (χ0v) is 10.1. The zero-order chi connectivity index (χ0) is 11.4. The van der Waals surface area contributed by atoms with E-state index in [2.05, 4.69) is 39.2 Å². The summed E-state index contributed by atoms with van der Waals surface area (Å²) in [5, 5.41) is 9.59. The first-order chi connectivity index (χ1) is 8.34. The molecule has 0 saturated carbocycles. The number of nitrogens with zero attached hydrogens (tertiary/aromatic N) is 4. The Morgan fingerprint density at radius 1 is 1.47 bits per heavy atom. The third kappa shape index (κ3) is 1.14. The maximum absolute atomic E-state index is 4.34. The second-order valence-electron chi connectivity index (χ2n) is 4.25. The smallest absolute Gasteiger partial charge is 0.176 e. The number of rotatable bonds is 0. The van der Waals surface area contributed by atoms with Crippen LogP contribution in [0.3, 0.4) is 0 Å². The van der Waals surface area contributed by atoms with E-state index in [1.54, 1.807) is 17.5 Å². The number of aliphatic imine (C=N–C) groups is 1. The van der Waals surface area contributed by atoms with Gasteiger partial charge in [-0.1, -0.05) is 6.08 Å². The highest BCUT2D eigenvalue weighted by Gasteiger charge is 2.31. The molecule has 0 fully saturated rings. The van der Waals surface area contributed by atoms with Gasteiger partial charge in [0, 0.05) is 16.7 Å². The van der Waals surface area contributed by atoms with Gasteiger partial charge in [-0.3, -0.25) is 9.89 Å². The van der Waals surface area contributed by atoms with Crippen LogP contribution in [0.2, 0.25) is 0 Å². The van der Waals surface area contributed by atoms with Gasteiger partial charge in [-0.15, -0.1) is 16.5 Å². The van der Waals surface area contributed by atoms with Crippen molar-refractivity contribution in [1.82, 2.24) is 0 Å². The van der Waals surface area contributed by atoms with Crippen LogP contribution >= 0.6 is 11.3 Å². The number of thiophene rings is 1. The Kier molecular flexibility index (Phi) is 1.71. The van der Waals surface area contributed by atoms with E-state index in [0.29, 0.717) is 0 Å². The highest BCUT2D eigenvalue weighted by Crippen LogP contribution is 2.43. The summed E-state index contributed by atoms with van der Waals surface area (Å²) in [5.41, 5.74) is 2.63. The Labute approximate surface area is 103 Å². The third-order valence-corrected chi connectivity index (χ3v) is 4.42. The number of fused-ring (bicyclic) bond motifs is 5. The fourth-order valence-electron chi connectivity index (χ4n) is 2.40. The summed E-state index contributed by atoms with van der Waals surface area (Å²) < 4.78 is 0. The molecule has 1 unspecified atom stereocenters. The Morgan fingerprint density at radius 2 is 2.41 bits per heavy atom. The Balaban J connectivity index is 1.96. The van der Waals surface area contributed by atoms with Crippen molar-refractivity contribution in [2.75, 3.05) is 4.90 Å². The lowest BCUT2D eigenvalue weighted by Crippen LogP contribution is -2.25. The largest absolute Gasteiger partial charge is 0.290 e. The van der Waals surface area contributed by atoms with Crippen LogP contribution in [-0.2, 0) is 6.42 Å². The van der Waals surface area contributed by atoms with Crippen molar-refractivity contribution >= 4 is 28.6 Å². The molecule has 1 aromatic rings. The first-order valence-corrected chi connectivity index (χ1v) is 6.42. The Hall–Kier alpha value is -1.75. The van der Waals surface area contributed by atoms with Gasteiger partial charge in [0.1, 0.15) is 11.2 Å². The van der Waals surface area contributed by atoms with E-state index in [1.165, 1.54) is 21.0 Å². The summed E-state index contributed by atoms with van der Waals surface area (Å²) >= 11 is 1.80. The third-order valence-electron chi connectivity index (χ3n) is 3.21. The monoisotopic (exact) mass is 242 g/mol. The molecule has 0 spiro atoms. The van der Waals surface area contributed by atoms with Crippen molar-refractivity contribution in [1.29, 1.82) is 0 Å². The molecule has 2 aliphatic heterocycles. The van der Waals surface area contributed by atoms with Gasteiger partial charge >= 0.3 is 0 Å². The Morgan fingerprint density at radius 3 is 3.35 bits per heavy atom. The molecule has 0 bridgehead atoms. The van der Waals surface area contributed by atoms with Crippen LogP contribution in [0.15, 0.2) is 33.3 Å². The number of anilines is 1. The maximum atomic E-state index is 4.34. The van der Waals surface area contributed by atoms with Gasteiger partial charge in [-0.2, -0.15) is 5.11 Å². The summed E-state index contributed by atoms with van der Waals surface area (Å²) in [5.74, 6) is 0.844. The van der Waals surface area contributed by atoms with Crippen molar-refractivity contribution < 1.29 is 0 Å². The van der Waals surface area contributed by atoms with E-state index in [1.807, 2.05) is 6.21 Å². The predicted molar refractivity (Wildman–Crippen MR) is 69.5 cm³/mol. The van der Waals surface area contributed by atoms with Crippen LogP contribution in [0, 0.1) is 0 Å². The number of allylic oxidation sites excluding steroid dienone is 1. The van der Waals surface area contributed by atoms with Crippen molar-refractivity contribution in [3.05, 3.63) is 34.1 Å². The summed E-state index contributed by atoms with van der Waals surface area (Å²) in [6, 6.07) is 0. The topological polar surface area (TPSA) is 40.3 Å². The van der Waals surface area contributed by atoms with Crippen LogP contribution in [0.4, 0.5) is 5.00 Å². The molecule has 0 N–H and O–H groups in total. The minimum absolute atomic E-state index is 0.0736. The minimum Gasteiger partial charge on any atom is -0.290 e. The molecule has 4 nitrogen and oxygen atoms in total. The van der Waals surface area contributed by atoms with Crippen molar-refractivity contribution in [2.24, 2.45) is 15.2 Å². The second-order valence-corrected chi connectivity index (χ2v) is 5.28. The number of azo groups is 1. The van der Waals surface area contributed by atoms with Gasteiger partial charge in [0.15, 0.2) is 5.82 Å². The zero-order valence-electron chi connectivity index (χ0n) is 9.29. The van der Waals surface area contributed by atoms with E-state index in [4.69, 9.17) is 0 Å². The molecule has 17 heavy (non-hydrogen) atoms. The fourth-order valence-corrected chi connectivity index (χ4v) is 3.72. The quantitative estimate of drug-likeness (QED) is 0.688. The Bertz CT molecular complexity index is 621. The number of hydrogen-bond acceptors (Lipinski definition) is 5. The average Bonchev–Trinajstić information content (AvgIpc) is 2.93. The second kappa shape index (κ2) is 3.13. The van der Waals surface area contributed by atoms with Crippen molar-refractivity contribution in [2.45, 2.75) is 19.5 Å². The average molecular weight is 242 g/mol. The van der Waals surface area contributed by atoms with Crippen molar-refractivity contribution in [3.8, 4) is 0 Å². The molecule has 1 atom stereocenters. The number of hydrogen-bond donors (Lipinski definition) is 0. The summed E-state index contributed by atoms with van der Waals surface area (Å²) in [4.78, 5) is 7.85. The highest BCUT2D eigenvalue weighted by molar-refractivity contribution is 7.17. The molecule has 3 heterocycles. The molecule has 0 amide bonds. The van der Waals surface area contributed by atoms with Gasteiger partial charge in [-0.25, -0.2) is 0 Å². The van der Waals surface area contributed by atoms with E-state index < -0.39 is 0 Å². The molecule has 1 aromatic heterocycles. The van der Waals surface area contributed by atoms with Gasteiger partial charge < -0.3 is 0 Å². The van der Waals surface area contributed by atoms with Crippen LogP contribution in [-0.4, -0.2) is 12.4 Å². The van der Waals surface area contributed by atoms with E-state index >= 15 is 0 Å². The van der Waals surface area contributed by atoms with E-state index in [9.17, 15) is 0 Å². The maximum Gasteiger partial charge on any atom is 0.176 e. The first-order valence-electron chi connectivity index (χ1n) is 5.60. The first kappa shape index (κ1) is 9.30. The fraction of sp³-hybridized carbons (Fsp3) is 0.250. The van der Waals surface area contributed by atoms with Crippen LogP contribution in [0.25, 0.3) is 6.08 Å². The lowest BCUT2D eigenvalue weighted by molar-refractivity contribution is 0.770. The van der Waals surface area contributed by atoms with Gasteiger partial charge in [0.05, 0.1) is 6.20 Å². The van der Waals surface area contributed by atoms with Crippen LogP contribution in [0.5, 0.6) is 0 Å². The molecule has 84 valence electrons. The van der Waals surface area contributed by atoms with Crippen LogP contribution < -0.4 is 4.90 Å². The molecule has 1 aliphatic carbocycles. The molecular formula is C12H10N4S.